The van der Waals surface area contributed by atoms with Crippen molar-refractivity contribution in [3.05, 3.63) is 75.8 Å². The third-order valence-corrected chi connectivity index (χ3v) is 4.64. The summed E-state index contributed by atoms with van der Waals surface area (Å²) in [5.41, 5.74) is 8.11. The minimum Gasteiger partial charge on any atom is -0.279 e. The van der Waals surface area contributed by atoms with Gasteiger partial charge >= 0.3 is 5.17 Å². The summed E-state index contributed by atoms with van der Waals surface area (Å²) in [5, 5.41) is 15.9. The predicted molar refractivity (Wildman–Crippen MR) is 91.8 cm³/mol. The van der Waals surface area contributed by atoms with Crippen molar-refractivity contribution in [3.63, 3.8) is 0 Å². The van der Waals surface area contributed by atoms with E-state index in [-0.39, 0.29) is 10.9 Å². The standard InChI is InChI=1S/C16H14N4O2S/c17-16-19(11-15(23-16)13-4-2-1-3-5-13)18-10-12-6-8-14(9-7-12)20(21)22/h1-10,15,17H,11H2/p+1. The van der Waals surface area contributed by atoms with Gasteiger partial charge in [-0.1, -0.05) is 35.4 Å². The lowest BCUT2D eigenvalue weighted by molar-refractivity contribution is -0.527. The molecule has 1 unspecified atom stereocenters. The molecule has 0 aliphatic carbocycles. The number of hydrazone groups is 1. The molecule has 0 aromatic heterocycles. The first-order valence-electron chi connectivity index (χ1n) is 7.03. The Labute approximate surface area is 137 Å². The third kappa shape index (κ3) is 3.57. The van der Waals surface area contributed by atoms with Gasteiger partial charge in [-0.05, 0) is 35.0 Å². The van der Waals surface area contributed by atoms with E-state index in [9.17, 15) is 10.1 Å². The molecule has 3 rings (SSSR count). The average molecular weight is 327 g/mol. The van der Waals surface area contributed by atoms with E-state index in [2.05, 4.69) is 17.2 Å². The highest BCUT2D eigenvalue weighted by Gasteiger charge is 2.29. The van der Waals surface area contributed by atoms with Crippen LogP contribution in [0.5, 0.6) is 0 Å². The molecule has 1 heterocycles. The molecule has 0 saturated heterocycles. The van der Waals surface area contributed by atoms with Gasteiger partial charge in [0.1, 0.15) is 6.54 Å². The third-order valence-electron chi connectivity index (χ3n) is 3.48. The van der Waals surface area contributed by atoms with Crippen LogP contribution < -0.4 is 5.73 Å². The molecule has 0 amide bonds. The van der Waals surface area contributed by atoms with E-state index in [1.807, 2.05) is 18.2 Å². The molecule has 23 heavy (non-hydrogen) atoms. The molecule has 1 aliphatic rings. The number of amidine groups is 1. The maximum atomic E-state index is 10.6. The minimum atomic E-state index is -0.422. The zero-order chi connectivity index (χ0) is 16.2. The van der Waals surface area contributed by atoms with Crippen LogP contribution in [0.2, 0.25) is 0 Å². The number of nitro benzene ring substituents is 1. The molecule has 0 radical (unpaired) electrons. The molecule has 2 N–H and O–H groups in total. The second-order valence-corrected chi connectivity index (χ2v) is 6.25. The smallest absolute Gasteiger partial charge is 0.279 e. The van der Waals surface area contributed by atoms with Crippen molar-refractivity contribution < 1.29 is 9.61 Å². The molecule has 116 valence electrons. The molecule has 0 spiro atoms. The van der Waals surface area contributed by atoms with Crippen molar-refractivity contribution in [2.45, 2.75) is 5.25 Å². The van der Waals surface area contributed by atoms with E-state index in [4.69, 9.17) is 5.73 Å². The Morgan fingerprint density at radius 1 is 1.22 bits per heavy atom. The van der Waals surface area contributed by atoms with Gasteiger partial charge in [-0.15, -0.1) is 4.68 Å². The highest BCUT2D eigenvalue weighted by molar-refractivity contribution is 8.13. The summed E-state index contributed by atoms with van der Waals surface area (Å²) in [5.74, 6) is 0. The minimum absolute atomic E-state index is 0.0640. The number of hydrogen-bond donors (Lipinski definition) is 1. The van der Waals surface area contributed by atoms with Gasteiger partial charge in [-0.3, -0.25) is 15.8 Å². The molecular formula is C16H15N4O2S+. The molecule has 0 bridgehead atoms. The van der Waals surface area contributed by atoms with E-state index in [1.54, 1.807) is 34.8 Å². The monoisotopic (exact) mass is 327 g/mol. The zero-order valence-corrected chi connectivity index (χ0v) is 13.0. The summed E-state index contributed by atoms with van der Waals surface area (Å²) in [6, 6.07) is 16.4. The van der Waals surface area contributed by atoms with Gasteiger partial charge in [0, 0.05) is 12.1 Å². The van der Waals surface area contributed by atoms with E-state index in [0.29, 0.717) is 11.7 Å². The average Bonchev–Trinajstić information content (AvgIpc) is 2.95. The van der Waals surface area contributed by atoms with Crippen molar-refractivity contribution in [2.75, 3.05) is 6.54 Å². The van der Waals surface area contributed by atoms with Crippen LogP contribution in [0.1, 0.15) is 16.4 Å². The van der Waals surface area contributed by atoms with Gasteiger partial charge < -0.3 is 0 Å². The lowest BCUT2D eigenvalue weighted by atomic mass is 10.1. The molecule has 7 heteroatoms. The molecule has 1 atom stereocenters. The van der Waals surface area contributed by atoms with Crippen LogP contribution in [0, 0.1) is 10.1 Å². The van der Waals surface area contributed by atoms with Gasteiger partial charge in [-0.25, -0.2) is 0 Å². The molecule has 0 saturated carbocycles. The van der Waals surface area contributed by atoms with Gasteiger partial charge in [-0.2, -0.15) is 0 Å². The first kappa shape index (κ1) is 15.2. The Balaban J connectivity index is 1.70. The normalized spacial score (nSPS) is 17.8. The van der Waals surface area contributed by atoms with Crippen LogP contribution in [0.4, 0.5) is 5.69 Å². The second-order valence-electron chi connectivity index (χ2n) is 5.03. The van der Waals surface area contributed by atoms with Gasteiger partial charge in [0.25, 0.3) is 5.69 Å². The van der Waals surface area contributed by atoms with Gasteiger partial charge in [0.05, 0.1) is 16.4 Å². The summed E-state index contributed by atoms with van der Waals surface area (Å²) in [4.78, 5) is 10.2. The Bertz CT molecular complexity index is 772. The molecular weight excluding hydrogens is 312 g/mol. The maximum absolute atomic E-state index is 10.6. The maximum Gasteiger partial charge on any atom is 0.330 e. The van der Waals surface area contributed by atoms with E-state index < -0.39 is 4.92 Å². The number of benzene rings is 2. The fraction of sp³-hybridized carbons (Fsp3) is 0.125. The number of nitrogens with zero attached hydrogens (tertiary/aromatic N) is 3. The quantitative estimate of drug-likeness (QED) is 0.405. The predicted octanol–water partition coefficient (Wildman–Crippen LogP) is 2.74. The van der Waals surface area contributed by atoms with E-state index in [0.717, 1.165) is 5.56 Å². The van der Waals surface area contributed by atoms with Crippen molar-refractivity contribution in [1.29, 1.82) is 0 Å². The summed E-state index contributed by atoms with van der Waals surface area (Å²) in [6.07, 6.45) is 1.66. The Morgan fingerprint density at radius 2 is 1.91 bits per heavy atom. The number of hydrogen-bond acceptors (Lipinski definition) is 5. The lowest BCUT2D eigenvalue weighted by Crippen LogP contribution is -2.16. The first-order valence-corrected chi connectivity index (χ1v) is 7.91. The highest BCUT2D eigenvalue weighted by Crippen LogP contribution is 2.33. The summed E-state index contributed by atoms with van der Waals surface area (Å²) < 4.78 is 1.75. The summed E-state index contributed by atoms with van der Waals surface area (Å²) in [7, 11) is 0. The molecule has 2 aromatic carbocycles. The number of non-ortho nitro benzene ring substituents is 1. The summed E-state index contributed by atoms with van der Waals surface area (Å²) in [6.45, 7) is 0.698. The highest BCUT2D eigenvalue weighted by atomic mass is 32.2. The first-order chi connectivity index (χ1) is 11.1. The number of nitrogens with two attached hydrogens (primary N) is 1. The molecule has 2 aromatic rings. The second kappa shape index (κ2) is 6.62. The zero-order valence-electron chi connectivity index (χ0n) is 12.2. The van der Waals surface area contributed by atoms with Crippen LogP contribution in [-0.4, -0.2) is 27.5 Å². The van der Waals surface area contributed by atoms with Gasteiger partial charge in [0.2, 0.25) is 0 Å². The molecule has 1 aliphatic heterocycles. The Morgan fingerprint density at radius 3 is 2.57 bits per heavy atom. The largest absolute Gasteiger partial charge is 0.330 e. The van der Waals surface area contributed by atoms with Crippen LogP contribution in [0.25, 0.3) is 0 Å². The fourth-order valence-corrected chi connectivity index (χ4v) is 3.30. The van der Waals surface area contributed by atoms with Crippen molar-refractivity contribution in [1.82, 2.24) is 0 Å². The van der Waals surface area contributed by atoms with Crippen LogP contribution in [-0.2, 0) is 0 Å². The molecule has 6 nitrogen and oxygen atoms in total. The van der Waals surface area contributed by atoms with Gasteiger partial charge in [0.15, 0.2) is 0 Å². The fourth-order valence-electron chi connectivity index (χ4n) is 2.25. The van der Waals surface area contributed by atoms with Crippen LogP contribution in [0.15, 0.2) is 59.7 Å². The Kier molecular flexibility index (Phi) is 4.38. The number of thioether (sulfide) groups is 1. The lowest BCUT2D eigenvalue weighted by Gasteiger charge is -2.04. The van der Waals surface area contributed by atoms with Crippen molar-refractivity contribution in [2.24, 2.45) is 10.8 Å². The van der Waals surface area contributed by atoms with Crippen molar-refractivity contribution >= 4 is 28.8 Å². The number of nitro groups is 1. The van der Waals surface area contributed by atoms with Crippen molar-refractivity contribution in [3.8, 4) is 0 Å². The van der Waals surface area contributed by atoms with E-state index in [1.165, 1.54) is 17.7 Å². The summed E-state index contributed by atoms with van der Waals surface area (Å²) >= 11 is 1.59. The van der Waals surface area contributed by atoms with Crippen LogP contribution >= 0.6 is 11.8 Å². The Hall–Kier alpha value is -2.67. The van der Waals surface area contributed by atoms with Crippen LogP contribution in [0.3, 0.4) is 0 Å². The number of rotatable bonds is 4. The molecule has 0 fully saturated rings. The topological polar surface area (TPSA) is 84.5 Å². The SMILES string of the molecule is NC1=[N+](N=Cc2ccc([N+](=O)[O-])cc2)CC(c2ccccc2)S1. The van der Waals surface area contributed by atoms with E-state index >= 15 is 0 Å².